The highest BCUT2D eigenvalue weighted by Gasteiger charge is 2.37. The number of aliphatic carboxylic acids is 1. The zero-order valence-corrected chi connectivity index (χ0v) is 18.0. The van der Waals surface area contributed by atoms with Crippen LogP contribution < -0.4 is 10.9 Å². The first-order valence-corrected chi connectivity index (χ1v) is 10.2. The normalized spacial score (nSPS) is 13.8. The molecular weight excluding hydrogens is 412 g/mol. The van der Waals surface area contributed by atoms with Gasteiger partial charge in [-0.2, -0.15) is 5.16 Å². The monoisotopic (exact) mass is 438 g/mol. The molecule has 1 amide bonds. The molecular formula is C24H26N2O6. The predicted octanol–water partition coefficient (Wildman–Crippen LogP) is 3.10. The number of carboxylic acids is 1. The number of hydrogen-bond acceptors (Lipinski definition) is 5. The lowest BCUT2D eigenvalue weighted by molar-refractivity contribution is -0.152. The largest absolute Gasteiger partial charge is 0.481 e. The van der Waals surface area contributed by atoms with Gasteiger partial charge in [-0.05, 0) is 36.5 Å². The first-order valence-electron chi connectivity index (χ1n) is 10.2. The van der Waals surface area contributed by atoms with Crippen molar-refractivity contribution in [2.24, 2.45) is 5.41 Å². The van der Waals surface area contributed by atoms with E-state index >= 15 is 0 Å². The van der Waals surface area contributed by atoms with E-state index in [1.54, 1.807) is 6.92 Å². The maximum Gasteiger partial charge on any atom is 0.311 e. The summed E-state index contributed by atoms with van der Waals surface area (Å²) in [5.74, 6) is -1.78. The Kier molecular flexibility index (Phi) is 7.27. The van der Waals surface area contributed by atoms with Crippen LogP contribution >= 0.6 is 0 Å². The minimum atomic E-state index is -1.21. The molecule has 2 atom stereocenters. The summed E-state index contributed by atoms with van der Waals surface area (Å²) in [6.07, 6.45) is 0.513. The van der Waals surface area contributed by atoms with E-state index in [0.717, 1.165) is 22.8 Å². The summed E-state index contributed by atoms with van der Waals surface area (Å²) in [6, 6.07) is 18.3. The van der Waals surface area contributed by atoms with E-state index in [9.17, 15) is 19.5 Å². The van der Waals surface area contributed by atoms with Gasteiger partial charge >= 0.3 is 5.97 Å². The fourth-order valence-corrected chi connectivity index (χ4v) is 3.64. The molecule has 0 aliphatic rings. The number of benzene rings is 2. The topological polar surface area (TPSA) is 122 Å². The molecule has 1 aromatic heterocycles. The number of carbonyl (C=O) groups is 2. The van der Waals surface area contributed by atoms with Crippen LogP contribution in [0.25, 0.3) is 11.1 Å². The quantitative estimate of drug-likeness (QED) is 0.447. The Morgan fingerprint density at radius 2 is 1.78 bits per heavy atom. The zero-order chi connectivity index (χ0) is 23.1. The Hall–Kier alpha value is -3.65. The van der Waals surface area contributed by atoms with Crippen molar-refractivity contribution in [2.45, 2.75) is 25.8 Å². The molecule has 0 bridgehead atoms. The number of aromatic amines is 1. The van der Waals surface area contributed by atoms with Crippen LogP contribution in [0.15, 0.2) is 70.0 Å². The standard InChI is InChI=1S/C24H26N2O6/c1-24(15-31-2,23(29)30)14-19(25-22(28)20-13-21(27)26-32-20)12-16-8-10-18(11-9-16)17-6-4-3-5-7-17/h3-11,13,19H,12,14-15H2,1-2H3,(H,25,28)(H,26,27)(H,29,30)/t19-,24?/m1/s1. The Morgan fingerprint density at radius 1 is 1.12 bits per heavy atom. The van der Waals surface area contributed by atoms with Gasteiger partial charge in [0.15, 0.2) is 0 Å². The van der Waals surface area contributed by atoms with Gasteiger partial charge in [0, 0.05) is 13.2 Å². The van der Waals surface area contributed by atoms with E-state index in [0.29, 0.717) is 6.42 Å². The van der Waals surface area contributed by atoms with Crippen molar-refractivity contribution in [1.82, 2.24) is 10.5 Å². The van der Waals surface area contributed by atoms with Crippen LogP contribution in [0.4, 0.5) is 0 Å². The van der Waals surface area contributed by atoms with E-state index in [1.807, 2.05) is 54.6 Å². The second kappa shape index (κ2) is 10.1. The van der Waals surface area contributed by atoms with Crippen LogP contribution in [-0.2, 0) is 16.0 Å². The summed E-state index contributed by atoms with van der Waals surface area (Å²) in [7, 11) is 1.44. The highest BCUT2D eigenvalue weighted by atomic mass is 16.5. The molecule has 0 saturated carbocycles. The molecule has 0 radical (unpaired) electrons. The van der Waals surface area contributed by atoms with Crippen molar-refractivity contribution >= 4 is 11.9 Å². The third-order valence-electron chi connectivity index (χ3n) is 5.30. The fraction of sp³-hybridized carbons (Fsp3) is 0.292. The van der Waals surface area contributed by atoms with Gasteiger partial charge in [0.05, 0.1) is 18.1 Å². The van der Waals surface area contributed by atoms with Gasteiger partial charge in [0.2, 0.25) is 5.76 Å². The lowest BCUT2D eigenvalue weighted by atomic mass is 9.82. The van der Waals surface area contributed by atoms with Crippen molar-refractivity contribution in [3.8, 4) is 11.1 Å². The summed E-state index contributed by atoms with van der Waals surface area (Å²) in [6.45, 7) is 1.56. The van der Waals surface area contributed by atoms with Crippen molar-refractivity contribution in [3.05, 3.63) is 82.3 Å². The third-order valence-corrected chi connectivity index (χ3v) is 5.30. The highest BCUT2D eigenvalue weighted by Crippen LogP contribution is 2.27. The molecule has 2 aromatic carbocycles. The SMILES string of the molecule is COCC(C)(C[C@@H](Cc1ccc(-c2ccccc2)cc1)NC(=O)c1cc(=O)[nH]o1)C(=O)O. The Balaban J connectivity index is 1.81. The van der Waals surface area contributed by atoms with Crippen LogP contribution in [0.2, 0.25) is 0 Å². The molecule has 1 heterocycles. The number of amides is 1. The molecule has 3 aromatic rings. The molecule has 32 heavy (non-hydrogen) atoms. The van der Waals surface area contributed by atoms with Gasteiger partial charge in [-0.3, -0.25) is 14.4 Å². The average molecular weight is 438 g/mol. The first kappa shape index (κ1) is 23.0. The van der Waals surface area contributed by atoms with Crippen molar-refractivity contribution in [1.29, 1.82) is 0 Å². The Labute approximate surface area is 185 Å². The van der Waals surface area contributed by atoms with Crippen LogP contribution in [0, 0.1) is 5.41 Å². The van der Waals surface area contributed by atoms with E-state index in [1.165, 1.54) is 7.11 Å². The lowest BCUT2D eigenvalue weighted by Crippen LogP contribution is -2.44. The van der Waals surface area contributed by atoms with Crippen LogP contribution in [0.1, 0.15) is 29.5 Å². The molecule has 0 spiro atoms. The molecule has 8 heteroatoms. The maximum absolute atomic E-state index is 12.6. The van der Waals surface area contributed by atoms with Crippen molar-refractivity contribution in [3.63, 3.8) is 0 Å². The minimum Gasteiger partial charge on any atom is -0.481 e. The summed E-state index contributed by atoms with van der Waals surface area (Å²) in [4.78, 5) is 35.8. The van der Waals surface area contributed by atoms with Crippen molar-refractivity contribution < 1.29 is 24.0 Å². The number of aromatic nitrogens is 1. The number of nitrogens with one attached hydrogen (secondary N) is 2. The number of H-pyrrole nitrogens is 1. The van der Waals surface area contributed by atoms with E-state index < -0.39 is 28.9 Å². The fourth-order valence-electron chi connectivity index (χ4n) is 3.64. The van der Waals surface area contributed by atoms with Crippen molar-refractivity contribution in [2.75, 3.05) is 13.7 Å². The maximum atomic E-state index is 12.6. The van der Waals surface area contributed by atoms with E-state index in [2.05, 4.69) is 10.5 Å². The average Bonchev–Trinajstić information content (AvgIpc) is 3.21. The van der Waals surface area contributed by atoms with Gasteiger partial charge in [-0.25, -0.2) is 0 Å². The summed E-state index contributed by atoms with van der Waals surface area (Å²) < 4.78 is 10.00. The highest BCUT2D eigenvalue weighted by molar-refractivity contribution is 5.91. The van der Waals surface area contributed by atoms with Gasteiger partial charge < -0.3 is 19.7 Å². The van der Waals surface area contributed by atoms with Gasteiger partial charge in [-0.15, -0.1) is 0 Å². The van der Waals surface area contributed by atoms with Crippen LogP contribution in [0.5, 0.6) is 0 Å². The zero-order valence-electron chi connectivity index (χ0n) is 18.0. The van der Waals surface area contributed by atoms with E-state index in [4.69, 9.17) is 9.26 Å². The first-order chi connectivity index (χ1) is 15.3. The number of methoxy groups -OCH3 is 1. The van der Waals surface area contributed by atoms with Gasteiger partial charge in [0.25, 0.3) is 11.5 Å². The summed E-state index contributed by atoms with van der Waals surface area (Å²) in [5.41, 5.74) is 1.33. The molecule has 0 aliphatic carbocycles. The number of carbonyl (C=O) groups excluding carboxylic acids is 1. The molecule has 3 N–H and O–H groups in total. The lowest BCUT2D eigenvalue weighted by Gasteiger charge is -2.29. The third kappa shape index (κ3) is 5.73. The smallest absolute Gasteiger partial charge is 0.311 e. The van der Waals surface area contributed by atoms with Gasteiger partial charge in [-0.1, -0.05) is 54.6 Å². The van der Waals surface area contributed by atoms with Crippen LogP contribution in [-0.4, -0.2) is 41.9 Å². The second-order valence-electron chi connectivity index (χ2n) is 8.02. The molecule has 168 valence electrons. The molecule has 1 unspecified atom stereocenters. The minimum absolute atomic E-state index is 0.0130. The number of rotatable bonds is 10. The molecule has 3 rings (SSSR count). The predicted molar refractivity (Wildman–Crippen MR) is 118 cm³/mol. The number of ether oxygens (including phenoxy) is 1. The molecule has 0 aliphatic heterocycles. The second-order valence-corrected chi connectivity index (χ2v) is 8.02. The number of carboxylic acid groups (broad SMARTS) is 1. The molecule has 0 fully saturated rings. The summed E-state index contributed by atoms with van der Waals surface area (Å²) in [5, 5.41) is 14.6. The number of hydrogen-bond donors (Lipinski definition) is 3. The van der Waals surface area contributed by atoms with Gasteiger partial charge in [0.1, 0.15) is 0 Å². The molecule has 8 nitrogen and oxygen atoms in total. The molecule has 0 saturated heterocycles. The Morgan fingerprint density at radius 3 is 2.34 bits per heavy atom. The van der Waals surface area contributed by atoms with E-state index in [-0.39, 0.29) is 18.8 Å². The van der Waals surface area contributed by atoms with Crippen LogP contribution in [0.3, 0.4) is 0 Å². The summed E-state index contributed by atoms with van der Waals surface area (Å²) >= 11 is 0. The Bertz CT molecular complexity index is 1100.